The molecule has 5 rings (SSSR count). The van der Waals surface area contributed by atoms with E-state index in [0.29, 0.717) is 18.7 Å². The van der Waals surface area contributed by atoms with E-state index in [-0.39, 0.29) is 35.6 Å². The number of halogens is 4. The van der Waals surface area contributed by atoms with Gasteiger partial charge in [-0.3, -0.25) is 9.63 Å². The molecule has 1 amide bonds. The molecule has 2 aliphatic rings. The van der Waals surface area contributed by atoms with Gasteiger partial charge in [-0.05, 0) is 38.3 Å². The molecule has 0 bridgehead atoms. The molecule has 2 fully saturated rings. The first-order valence-electron chi connectivity index (χ1n) is 14.2. The molecular weight excluding hydrogens is 568 g/mol. The summed E-state index contributed by atoms with van der Waals surface area (Å²) in [5.74, 6) is -2.03. The number of amides is 1. The minimum atomic E-state index is -4.76. The van der Waals surface area contributed by atoms with E-state index in [0.717, 1.165) is 42.6 Å². The van der Waals surface area contributed by atoms with E-state index in [1.165, 1.54) is 13.2 Å². The molecule has 3 heterocycles. The summed E-state index contributed by atoms with van der Waals surface area (Å²) in [5, 5.41) is 6.79. The second-order valence-corrected chi connectivity index (χ2v) is 10.8. The lowest BCUT2D eigenvalue weighted by Gasteiger charge is -2.34. The van der Waals surface area contributed by atoms with Crippen molar-refractivity contribution >= 4 is 23.4 Å². The van der Waals surface area contributed by atoms with Gasteiger partial charge in [-0.25, -0.2) is 14.4 Å². The van der Waals surface area contributed by atoms with Gasteiger partial charge in [0.25, 0.3) is 5.91 Å². The average molecular weight is 603 g/mol. The van der Waals surface area contributed by atoms with Crippen molar-refractivity contribution in [3.63, 3.8) is 0 Å². The number of hydrogen-bond acceptors (Lipinski definition) is 8. The third kappa shape index (κ3) is 6.83. The topological polar surface area (TPSA) is 91.9 Å². The van der Waals surface area contributed by atoms with Crippen LogP contribution in [0.15, 0.2) is 48.7 Å². The molecule has 0 spiro atoms. The maximum absolute atomic E-state index is 15.2. The zero-order chi connectivity index (χ0) is 30.7. The zero-order valence-corrected chi connectivity index (χ0v) is 24.1. The molecule has 0 saturated carbocycles. The van der Waals surface area contributed by atoms with Crippen molar-refractivity contribution in [1.82, 2.24) is 20.2 Å². The number of rotatable bonds is 8. The predicted molar refractivity (Wildman–Crippen MR) is 153 cm³/mol. The van der Waals surface area contributed by atoms with Gasteiger partial charge in [0, 0.05) is 43.9 Å². The summed E-state index contributed by atoms with van der Waals surface area (Å²) in [6.07, 6.45) is -2.15. The number of methoxy groups -OCH3 is 1. The van der Waals surface area contributed by atoms with E-state index in [2.05, 4.69) is 39.3 Å². The van der Waals surface area contributed by atoms with Crippen molar-refractivity contribution in [3.05, 3.63) is 71.2 Å². The summed E-state index contributed by atoms with van der Waals surface area (Å²) in [7, 11) is 1.34. The van der Waals surface area contributed by atoms with Gasteiger partial charge in [0.2, 0.25) is 5.95 Å². The number of aromatic nitrogens is 2. The van der Waals surface area contributed by atoms with Crippen LogP contribution < -0.4 is 20.4 Å². The molecule has 2 N–H and O–H groups in total. The number of nitrogens with one attached hydrogen (secondary N) is 2. The summed E-state index contributed by atoms with van der Waals surface area (Å²) < 4.78 is 62.7. The molecule has 0 unspecified atom stereocenters. The Morgan fingerprint density at radius 3 is 2.49 bits per heavy atom. The van der Waals surface area contributed by atoms with Crippen molar-refractivity contribution in [2.45, 2.75) is 57.4 Å². The minimum Gasteiger partial charge on any atom is -0.495 e. The van der Waals surface area contributed by atoms with Crippen LogP contribution in [0.1, 0.15) is 60.6 Å². The zero-order valence-electron chi connectivity index (χ0n) is 24.1. The van der Waals surface area contributed by atoms with Crippen LogP contribution in [-0.4, -0.2) is 59.7 Å². The van der Waals surface area contributed by atoms with E-state index in [4.69, 9.17) is 9.57 Å². The monoisotopic (exact) mass is 602 g/mol. The number of piperidine rings is 1. The molecule has 9 nitrogen and oxygen atoms in total. The molecule has 1 atom stereocenters. The summed E-state index contributed by atoms with van der Waals surface area (Å²) in [4.78, 5) is 28.9. The van der Waals surface area contributed by atoms with Crippen LogP contribution in [0.4, 0.5) is 35.0 Å². The number of benzene rings is 2. The first-order valence-corrected chi connectivity index (χ1v) is 14.2. The Morgan fingerprint density at radius 2 is 1.84 bits per heavy atom. The van der Waals surface area contributed by atoms with Crippen LogP contribution in [0.2, 0.25) is 0 Å². The third-order valence-electron chi connectivity index (χ3n) is 7.75. The number of hydrogen-bond donors (Lipinski definition) is 2. The molecule has 2 aliphatic heterocycles. The van der Waals surface area contributed by atoms with Crippen LogP contribution in [-0.2, 0) is 11.0 Å². The van der Waals surface area contributed by atoms with E-state index in [1.54, 1.807) is 24.3 Å². The molecule has 2 saturated heterocycles. The smallest absolute Gasteiger partial charge is 0.421 e. The highest BCUT2D eigenvalue weighted by Gasteiger charge is 2.40. The number of likely N-dealkylation sites (tertiary alicyclic amines) is 1. The fraction of sp³-hybridized carbons (Fsp3) is 0.433. The number of nitrogens with zero attached hydrogens (tertiary/aromatic N) is 4. The summed E-state index contributed by atoms with van der Waals surface area (Å²) >= 11 is 0. The third-order valence-corrected chi connectivity index (χ3v) is 7.75. The molecule has 13 heteroatoms. The van der Waals surface area contributed by atoms with Crippen molar-refractivity contribution in [3.8, 4) is 5.75 Å². The Balaban J connectivity index is 1.39. The summed E-state index contributed by atoms with van der Waals surface area (Å²) in [5.41, 5.74) is -0.483. The fourth-order valence-corrected chi connectivity index (χ4v) is 5.39. The van der Waals surface area contributed by atoms with Gasteiger partial charge >= 0.3 is 6.18 Å². The molecule has 3 aromatic rings. The molecule has 0 radical (unpaired) electrons. The minimum absolute atomic E-state index is 0.0365. The highest BCUT2D eigenvalue weighted by atomic mass is 19.4. The lowest BCUT2D eigenvalue weighted by Crippen LogP contribution is -2.46. The Bertz CT molecular complexity index is 1430. The Hall–Kier alpha value is -3.97. The second kappa shape index (κ2) is 12.7. The number of anilines is 3. The average Bonchev–Trinajstić information content (AvgIpc) is 3.47. The summed E-state index contributed by atoms with van der Waals surface area (Å²) in [6, 6.07) is 11.1. The highest BCUT2D eigenvalue weighted by molar-refractivity contribution is 5.96. The lowest BCUT2D eigenvalue weighted by atomic mass is 10.0. The van der Waals surface area contributed by atoms with Crippen LogP contribution in [0, 0.1) is 5.82 Å². The molecule has 0 aliphatic carbocycles. The Kier molecular flexibility index (Phi) is 9.02. The van der Waals surface area contributed by atoms with Gasteiger partial charge in [0.15, 0.2) is 5.82 Å². The quantitative estimate of drug-likeness (QED) is 0.310. The first-order chi connectivity index (χ1) is 20.5. The second-order valence-electron chi connectivity index (χ2n) is 10.8. The predicted octanol–water partition coefficient (Wildman–Crippen LogP) is 5.87. The summed E-state index contributed by atoms with van der Waals surface area (Å²) in [6.45, 7) is 6.10. The molecule has 43 heavy (non-hydrogen) atoms. The van der Waals surface area contributed by atoms with Crippen molar-refractivity contribution < 1.29 is 31.9 Å². The van der Waals surface area contributed by atoms with E-state index in [1.807, 2.05) is 6.07 Å². The molecule has 1 aromatic heterocycles. The Labute approximate surface area is 247 Å². The van der Waals surface area contributed by atoms with Crippen molar-refractivity contribution in [2.75, 3.05) is 37.2 Å². The highest BCUT2D eigenvalue weighted by Crippen LogP contribution is 2.42. The van der Waals surface area contributed by atoms with Gasteiger partial charge in [-0.2, -0.15) is 18.2 Å². The standard InChI is InChI=1S/C30H34F4N6O3/c1-18(2)39-12-9-20(10-13-39)36-28(41)21-15-26(42-3)24(16-23(21)31)37-29-35-17-22(30(32,33)34)27(38-29)40-25(11-14-43-40)19-7-5-4-6-8-19/h4-8,15-18,20,25H,9-14H2,1-3H3,(H,36,41)(H,35,37,38)/t25-/m0/s1. The SMILES string of the molecule is COc1cc(C(=O)NC2CCN(C(C)C)CC2)c(F)cc1Nc1ncc(C(F)(F)F)c(N2OCC[C@H]2c2ccccc2)n1. The maximum atomic E-state index is 15.2. The first kappa shape index (κ1) is 30.5. The van der Waals surface area contributed by atoms with Crippen molar-refractivity contribution in [2.24, 2.45) is 0 Å². The fourth-order valence-electron chi connectivity index (χ4n) is 5.39. The maximum Gasteiger partial charge on any atom is 0.421 e. The number of carbonyl (C=O) groups excluding carboxylic acids is 1. The molecular formula is C30H34F4N6O3. The number of hydroxylamine groups is 1. The largest absolute Gasteiger partial charge is 0.495 e. The van der Waals surface area contributed by atoms with Gasteiger partial charge in [0.05, 0.1) is 31.0 Å². The van der Waals surface area contributed by atoms with Gasteiger partial charge in [0.1, 0.15) is 17.1 Å². The van der Waals surface area contributed by atoms with E-state index in [9.17, 15) is 18.0 Å². The molecule has 230 valence electrons. The molecule has 2 aromatic carbocycles. The van der Waals surface area contributed by atoms with E-state index < -0.39 is 35.3 Å². The van der Waals surface area contributed by atoms with Gasteiger partial charge in [-0.15, -0.1) is 0 Å². The number of ether oxygens (including phenoxy) is 1. The Morgan fingerprint density at radius 1 is 1.12 bits per heavy atom. The number of carbonyl (C=O) groups is 1. The van der Waals surface area contributed by atoms with Crippen LogP contribution in [0.25, 0.3) is 0 Å². The van der Waals surface area contributed by atoms with Gasteiger partial charge < -0.3 is 20.3 Å². The normalized spacial score (nSPS) is 18.2. The number of alkyl halides is 3. The van der Waals surface area contributed by atoms with Crippen LogP contribution in [0.3, 0.4) is 0 Å². The van der Waals surface area contributed by atoms with Crippen LogP contribution >= 0.6 is 0 Å². The van der Waals surface area contributed by atoms with Crippen molar-refractivity contribution in [1.29, 1.82) is 0 Å². The lowest BCUT2D eigenvalue weighted by molar-refractivity contribution is -0.138. The van der Waals surface area contributed by atoms with Gasteiger partial charge in [-0.1, -0.05) is 30.3 Å². The van der Waals surface area contributed by atoms with Crippen LogP contribution in [0.5, 0.6) is 5.75 Å². The van der Waals surface area contributed by atoms with E-state index >= 15 is 4.39 Å².